The standard InChI is InChI=1S/C53H59N4P/c1-2-4-20-39(19-3-1)52-46-31-29-44(54-46)43(28-25-38-17-9-10-18-38)45-30-32-47(55-45)53(58-42-21-11-12-22-42)51-34-41(27-24-37-15-7-8-16-37)49(57-51)35-48-40(33-50(52)56-48)26-23-36-13-5-6-14-36/h29-39,42,55-56,58H,1-22H2. The number of H-pyrrole nitrogens is 2. The zero-order valence-corrected chi connectivity index (χ0v) is 35.4. The first kappa shape index (κ1) is 37.9. The van der Waals surface area contributed by atoms with Crippen molar-refractivity contribution in [2.45, 2.75) is 153 Å². The highest BCUT2D eigenvalue weighted by atomic mass is 31.1. The molecule has 1 unspecified atom stereocenters. The Labute approximate surface area is 348 Å². The van der Waals surface area contributed by atoms with E-state index in [-0.39, 0.29) is 0 Å². The van der Waals surface area contributed by atoms with Crippen molar-refractivity contribution in [3.63, 3.8) is 0 Å². The van der Waals surface area contributed by atoms with E-state index in [4.69, 9.17) is 9.97 Å². The van der Waals surface area contributed by atoms with Gasteiger partial charge in [-0.25, -0.2) is 9.97 Å². The normalized spacial score (nSPS) is 20.9. The number of nitrogens with zero attached hydrogens (tertiary/aromatic N) is 2. The Morgan fingerprint density at radius 3 is 1.81 bits per heavy atom. The average Bonchev–Trinajstić information content (AvgIpc) is 4.08. The summed E-state index contributed by atoms with van der Waals surface area (Å²) in [6.07, 6.45) is 34.5. The summed E-state index contributed by atoms with van der Waals surface area (Å²) in [5.41, 5.74) is 13.7. The molecule has 8 bridgehead atoms. The summed E-state index contributed by atoms with van der Waals surface area (Å²) < 4.78 is 0. The minimum atomic E-state index is 0.432. The van der Waals surface area contributed by atoms with Crippen LogP contribution in [0.15, 0.2) is 24.3 Å². The summed E-state index contributed by atoms with van der Waals surface area (Å²) in [4.78, 5) is 19.1. The first-order valence-corrected chi connectivity index (χ1v) is 24.3. The Bertz CT molecular complexity index is 2440. The highest BCUT2D eigenvalue weighted by Gasteiger charge is 2.24. The number of rotatable bonds is 3. The molecular weight excluding hydrogens is 724 g/mol. The third kappa shape index (κ3) is 8.41. The van der Waals surface area contributed by atoms with Crippen LogP contribution in [0.5, 0.6) is 0 Å². The molecule has 7 aliphatic rings. The second kappa shape index (κ2) is 17.5. The molecule has 58 heavy (non-hydrogen) atoms. The number of aromatic amines is 2. The number of hydrogen-bond donors (Lipinski definition) is 2. The van der Waals surface area contributed by atoms with E-state index in [0.29, 0.717) is 37.9 Å². The van der Waals surface area contributed by atoms with Crippen LogP contribution >= 0.6 is 8.58 Å². The van der Waals surface area contributed by atoms with Gasteiger partial charge in [-0.05, 0) is 118 Å². The van der Waals surface area contributed by atoms with E-state index in [1.54, 1.807) is 0 Å². The number of hydrogen-bond acceptors (Lipinski definition) is 2. The van der Waals surface area contributed by atoms with Crippen molar-refractivity contribution in [1.29, 1.82) is 0 Å². The molecule has 2 N–H and O–H groups in total. The van der Waals surface area contributed by atoms with Gasteiger partial charge in [0.05, 0.1) is 50.5 Å². The van der Waals surface area contributed by atoms with Crippen molar-refractivity contribution in [2.75, 3.05) is 0 Å². The van der Waals surface area contributed by atoms with Crippen LogP contribution in [0.25, 0.3) is 45.9 Å². The number of aromatic nitrogens is 4. The molecule has 1 atom stereocenters. The maximum absolute atomic E-state index is 5.56. The number of nitrogens with one attached hydrogen (secondary N) is 2. The molecule has 5 aliphatic carbocycles. The summed E-state index contributed by atoms with van der Waals surface area (Å²) in [7, 11) is 0.680. The van der Waals surface area contributed by atoms with Crippen LogP contribution in [-0.4, -0.2) is 25.6 Å². The molecule has 3 aromatic rings. The van der Waals surface area contributed by atoms with Gasteiger partial charge in [-0.15, -0.1) is 0 Å². The van der Waals surface area contributed by atoms with Gasteiger partial charge in [0.1, 0.15) is 0 Å². The number of allylic oxidation sites excluding steroid dienone is 1. The molecule has 10 rings (SSSR count). The SMILES string of the molecule is C(#CC1CCCC1)C1=Cc2nc1cc1[nH]c(cc1C#CC1CCCC1)c(C1CCCCCC1)c1nc(c(C#CC3CCCC3)c3ccc([nH]3)c2PC2CCCC2)C=C1. The Morgan fingerprint density at radius 2 is 1.10 bits per heavy atom. The second-order valence-corrected chi connectivity index (χ2v) is 19.9. The fraction of sp³-hybridized carbons (Fsp3) is 0.509. The Balaban J connectivity index is 1.27. The lowest BCUT2D eigenvalue weighted by molar-refractivity contribution is 0.593. The summed E-state index contributed by atoms with van der Waals surface area (Å²) in [5.74, 6) is 24.2. The lowest BCUT2D eigenvalue weighted by Gasteiger charge is -2.15. The van der Waals surface area contributed by atoms with Crippen LogP contribution in [0.1, 0.15) is 187 Å². The Hall–Kier alpha value is -4.29. The molecule has 5 heteroatoms. The third-order valence-electron chi connectivity index (χ3n) is 14.1. The fourth-order valence-corrected chi connectivity index (χ4v) is 12.5. The molecule has 5 fully saturated rings. The van der Waals surface area contributed by atoms with Gasteiger partial charge in [-0.2, -0.15) is 0 Å². The molecule has 5 heterocycles. The topological polar surface area (TPSA) is 57.4 Å². The van der Waals surface area contributed by atoms with Crippen LogP contribution in [0, 0.1) is 53.3 Å². The second-order valence-electron chi connectivity index (χ2n) is 18.3. The van der Waals surface area contributed by atoms with Gasteiger partial charge in [0.15, 0.2) is 0 Å². The quantitative estimate of drug-likeness (QED) is 0.124. The largest absolute Gasteiger partial charge is 0.354 e. The van der Waals surface area contributed by atoms with Gasteiger partial charge in [0.25, 0.3) is 0 Å². The molecule has 296 valence electrons. The van der Waals surface area contributed by atoms with Crippen LogP contribution in [0.2, 0.25) is 0 Å². The minimum Gasteiger partial charge on any atom is -0.354 e. The van der Waals surface area contributed by atoms with E-state index in [0.717, 1.165) is 61.5 Å². The van der Waals surface area contributed by atoms with Crippen LogP contribution < -0.4 is 5.30 Å². The lowest BCUT2D eigenvalue weighted by atomic mass is 9.90. The van der Waals surface area contributed by atoms with Crippen molar-refractivity contribution >= 4 is 59.8 Å². The van der Waals surface area contributed by atoms with Crippen LogP contribution in [0.3, 0.4) is 0 Å². The molecule has 2 aliphatic heterocycles. The smallest absolute Gasteiger partial charge is 0.0815 e. The van der Waals surface area contributed by atoms with Gasteiger partial charge in [-0.1, -0.05) is 121 Å². The average molecular weight is 783 g/mol. The van der Waals surface area contributed by atoms with Gasteiger partial charge in [0.2, 0.25) is 0 Å². The monoisotopic (exact) mass is 782 g/mol. The van der Waals surface area contributed by atoms with Gasteiger partial charge in [-0.3, -0.25) is 0 Å². The summed E-state index contributed by atoms with van der Waals surface area (Å²) >= 11 is 0. The van der Waals surface area contributed by atoms with Gasteiger partial charge in [0, 0.05) is 39.7 Å². The summed E-state index contributed by atoms with van der Waals surface area (Å²) in [5, 5.41) is 1.32. The summed E-state index contributed by atoms with van der Waals surface area (Å²) in [6.45, 7) is 0. The Morgan fingerprint density at radius 1 is 0.517 bits per heavy atom. The zero-order valence-electron chi connectivity index (χ0n) is 34.4. The first-order valence-electron chi connectivity index (χ1n) is 23.2. The lowest BCUT2D eigenvalue weighted by Crippen LogP contribution is -2.07. The van der Waals surface area contributed by atoms with Crippen molar-refractivity contribution in [3.8, 4) is 35.5 Å². The van der Waals surface area contributed by atoms with E-state index in [9.17, 15) is 0 Å². The van der Waals surface area contributed by atoms with E-state index in [2.05, 4.69) is 88.0 Å². The van der Waals surface area contributed by atoms with Crippen molar-refractivity contribution in [1.82, 2.24) is 19.9 Å². The van der Waals surface area contributed by atoms with E-state index in [1.807, 2.05) is 0 Å². The molecule has 0 radical (unpaired) electrons. The maximum atomic E-state index is 5.56. The van der Waals surface area contributed by atoms with Gasteiger partial charge < -0.3 is 9.97 Å². The molecular formula is C53H59N4P. The molecule has 0 saturated heterocycles. The number of fused-ring (bicyclic) bond motifs is 8. The van der Waals surface area contributed by atoms with Crippen molar-refractivity contribution < 1.29 is 0 Å². The molecule has 4 nitrogen and oxygen atoms in total. The van der Waals surface area contributed by atoms with Crippen molar-refractivity contribution in [3.05, 3.63) is 63.7 Å². The zero-order chi connectivity index (χ0) is 38.7. The van der Waals surface area contributed by atoms with Crippen LogP contribution in [-0.2, 0) is 0 Å². The minimum absolute atomic E-state index is 0.432. The fourth-order valence-electron chi connectivity index (χ4n) is 10.8. The van der Waals surface area contributed by atoms with E-state index >= 15 is 0 Å². The highest BCUT2D eigenvalue weighted by Crippen LogP contribution is 2.39. The van der Waals surface area contributed by atoms with Gasteiger partial charge >= 0.3 is 0 Å². The third-order valence-corrected chi connectivity index (χ3v) is 15.9. The van der Waals surface area contributed by atoms with Crippen LogP contribution in [0.4, 0.5) is 0 Å². The van der Waals surface area contributed by atoms with E-state index in [1.165, 1.54) is 152 Å². The highest BCUT2D eigenvalue weighted by molar-refractivity contribution is 7.48. The molecule has 3 aromatic heterocycles. The first-order chi connectivity index (χ1) is 28.7. The maximum Gasteiger partial charge on any atom is 0.0815 e. The predicted octanol–water partition coefficient (Wildman–Crippen LogP) is 13.0. The molecule has 5 saturated carbocycles. The summed E-state index contributed by atoms with van der Waals surface area (Å²) in [6, 6.07) is 9.20. The van der Waals surface area contributed by atoms with E-state index < -0.39 is 0 Å². The Kier molecular flexibility index (Phi) is 11.5. The molecule has 0 amide bonds. The predicted molar refractivity (Wildman–Crippen MR) is 246 cm³/mol. The molecule has 0 spiro atoms. The van der Waals surface area contributed by atoms with Crippen molar-refractivity contribution in [2.24, 2.45) is 17.8 Å². The molecule has 0 aromatic carbocycles.